The Morgan fingerprint density at radius 1 is 1.35 bits per heavy atom. The number of carbonyl (C=O) groups is 1. The summed E-state index contributed by atoms with van der Waals surface area (Å²) in [4.78, 5) is 11.7. The van der Waals surface area contributed by atoms with E-state index in [-0.39, 0.29) is 11.9 Å². The van der Waals surface area contributed by atoms with Crippen LogP contribution in [0.5, 0.6) is 0 Å². The van der Waals surface area contributed by atoms with E-state index in [2.05, 4.69) is 17.6 Å². The Morgan fingerprint density at radius 2 is 2.00 bits per heavy atom. The molecule has 1 rings (SSSR count). The number of hydrogen-bond donors (Lipinski definition) is 2. The summed E-state index contributed by atoms with van der Waals surface area (Å²) in [5.41, 5.74) is 0. The van der Waals surface area contributed by atoms with Gasteiger partial charge in [-0.3, -0.25) is 4.79 Å². The van der Waals surface area contributed by atoms with Gasteiger partial charge in [0.05, 0.1) is 12.6 Å². The van der Waals surface area contributed by atoms with Crippen LogP contribution in [-0.4, -0.2) is 38.3 Å². The van der Waals surface area contributed by atoms with Crippen LogP contribution in [0.4, 0.5) is 0 Å². The highest BCUT2D eigenvalue weighted by Crippen LogP contribution is 2.27. The minimum absolute atomic E-state index is 0.0619. The van der Waals surface area contributed by atoms with Crippen LogP contribution in [0, 0.1) is 5.92 Å². The van der Waals surface area contributed by atoms with Crippen LogP contribution >= 0.6 is 0 Å². The lowest BCUT2D eigenvalue weighted by Gasteiger charge is -2.24. The van der Waals surface area contributed by atoms with Crippen molar-refractivity contribution in [2.75, 3.05) is 20.3 Å². The van der Waals surface area contributed by atoms with E-state index in [9.17, 15) is 4.79 Å². The normalized spacial score (nSPS) is 20.2. The maximum Gasteiger partial charge on any atom is 0.236 e. The van der Waals surface area contributed by atoms with Crippen molar-refractivity contribution in [3.63, 3.8) is 0 Å². The van der Waals surface area contributed by atoms with Crippen molar-refractivity contribution in [2.45, 2.75) is 51.6 Å². The molecule has 0 aromatic rings. The Balaban J connectivity index is 2.22. The average molecular weight is 242 g/mol. The fourth-order valence-corrected chi connectivity index (χ4v) is 2.49. The van der Waals surface area contributed by atoms with E-state index in [1.54, 1.807) is 7.11 Å². The quantitative estimate of drug-likeness (QED) is 0.662. The third-order valence-corrected chi connectivity index (χ3v) is 3.62. The number of hydrogen-bond acceptors (Lipinski definition) is 3. The van der Waals surface area contributed by atoms with Gasteiger partial charge in [-0.2, -0.15) is 0 Å². The van der Waals surface area contributed by atoms with Crippen LogP contribution in [0.25, 0.3) is 0 Å². The standard InChI is InChI=1S/C13H26N2O2/c1-10(12-6-4-5-7-12)15-11(2)13(16)14-8-9-17-3/h10-12,15H,4-9H2,1-3H3,(H,14,16)/t10-,11?/m1/s1. The Morgan fingerprint density at radius 3 is 2.59 bits per heavy atom. The molecule has 0 heterocycles. The van der Waals surface area contributed by atoms with Gasteiger partial charge >= 0.3 is 0 Å². The van der Waals surface area contributed by atoms with Crippen molar-refractivity contribution in [3.05, 3.63) is 0 Å². The number of rotatable bonds is 7. The first-order chi connectivity index (χ1) is 8.15. The molecule has 1 aliphatic rings. The van der Waals surface area contributed by atoms with Gasteiger partial charge in [0.15, 0.2) is 0 Å². The summed E-state index contributed by atoms with van der Waals surface area (Å²) in [6.07, 6.45) is 5.27. The van der Waals surface area contributed by atoms with Crippen LogP contribution in [0.15, 0.2) is 0 Å². The molecule has 1 fully saturated rings. The van der Waals surface area contributed by atoms with Crippen LogP contribution in [0.2, 0.25) is 0 Å². The highest BCUT2D eigenvalue weighted by atomic mass is 16.5. The molecule has 4 nitrogen and oxygen atoms in total. The second kappa shape index (κ2) is 7.67. The van der Waals surface area contributed by atoms with Gasteiger partial charge in [0.25, 0.3) is 0 Å². The summed E-state index contributed by atoms with van der Waals surface area (Å²) in [7, 11) is 1.63. The van der Waals surface area contributed by atoms with E-state index in [1.165, 1.54) is 25.7 Å². The maximum absolute atomic E-state index is 11.7. The van der Waals surface area contributed by atoms with Crippen molar-refractivity contribution >= 4 is 5.91 Å². The monoisotopic (exact) mass is 242 g/mol. The van der Waals surface area contributed by atoms with Gasteiger partial charge in [-0.15, -0.1) is 0 Å². The molecule has 0 spiro atoms. The fraction of sp³-hybridized carbons (Fsp3) is 0.923. The number of methoxy groups -OCH3 is 1. The van der Waals surface area contributed by atoms with Gasteiger partial charge in [-0.05, 0) is 32.6 Å². The highest BCUT2D eigenvalue weighted by Gasteiger charge is 2.24. The molecule has 2 atom stereocenters. The number of amides is 1. The van der Waals surface area contributed by atoms with Crippen molar-refractivity contribution < 1.29 is 9.53 Å². The number of nitrogens with one attached hydrogen (secondary N) is 2. The van der Waals surface area contributed by atoms with Crippen LogP contribution in [0.3, 0.4) is 0 Å². The van der Waals surface area contributed by atoms with Crippen LogP contribution < -0.4 is 10.6 Å². The van der Waals surface area contributed by atoms with E-state index < -0.39 is 0 Å². The highest BCUT2D eigenvalue weighted by molar-refractivity contribution is 5.81. The lowest BCUT2D eigenvalue weighted by molar-refractivity contribution is -0.123. The Labute approximate surface area is 104 Å². The van der Waals surface area contributed by atoms with Gasteiger partial charge in [-0.1, -0.05) is 12.8 Å². The summed E-state index contributed by atoms with van der Waals surface area (Å²) in [5, 5.41) is 6.25. The fourth-order valence-electron chi connectivity index (χ4n) is 2.49. The minimum atomic E-state index is -0.123. The first-order valence-electron chi connectivity index (χ1n) is 6.68. The summed E-state index contributed by atoms with van der Waals surface area (Å²) < 4.78 is 4.90. The SMILES string of the molecule is COCCNC(=O)C(C)N[C@H](C)C1CCCC1. The molecule has 100 valence electrons. The predicted octanol–water partition coefficient (Wildman–Crippen LogP) is 1.31. The summed E-state index contributed by atoms with van der Waals surface area (Å²) in [6, 6.07) is 0.308. The lowest BCUT2D eigenvalue weighted by Crippen LogP contribution is -2.48. The molecule has 2 N–H and O–H groups in total. The van der Waals surface area contributed by atoms with E-state index in [0.717, 1.165) is 5.92 Å². The predicted molar refractivity (Wildman–Crippen MR) is 68.9 cm³/mol. The van der Waals surface area contributed by atoms with E-state index >= 15 is 0 Å². The number of ether oxygens (including phenoxy) is 1. The average Bonchev–Trinajstić information content (AvgIpc) is 2.82. The van der Waals surface area contributed by atoms with E-state index in [0.29, 0.717) is 19.2 Å². The molecule has 1 saturated carbocycles. The van der Waals surface area contributed by atoms with Crippen molar-refractivity contribution in [3.8, 4) is 0 Å². The molecule has 0 saturated heterocycles. The topological polar surface area (TPSA) is 50.4 Å². The van der Waals surface area contributed by atoms with Gasteiger partial charge in [-0.25, -0.2) is 0 Å². The number of carbonyl (C=O) groups excluding carboxylic acids is 1. The second-order valence-corrected chi connectivity index (χ2v) is 5.01. The third-order valence-electron chi connectivity index (χ3n) is 3.62. The molecule has 0 bridgehead atoms. The van der Waals surface area contributed by atoms with E-state index in [4.69, 9.17) is 4.74 Å². The Hall–Kier alpha value is -0.610. The Kier molecular flexibility index (Phi) is 6.52. The first-order valence-corrected chi connectivity index (χ1v) is 6.68. The first kappa shape index (κ1) is 14.5. The van der Waals surface area contributed by atoms with Gasteiger partial charge in [0, 0.05) is 19.7 Å². The second-order valence-electron chi connectivity index (χ2n) is 5.01. The van der Waals surface area contributed by atoms with Crippen LogP contribution in [0.1, 0.15) is 39.5 Å². The molecule has 0 aromatic heterocycles. The molecule has 4 heteroatoms. The molecule has 1 unspecified atom stereocenters. The maximum atomic E-state index is 11.7. The van der Waals surface area contributed by atoms with Crippen molar-refractivity contribution in [2.24, 2.45) is 5.92 Å². The molecule has 1 aliphatic carbocycles. The minimum Gasteiger partial charge on any atom is -0.383 e. The molecule has 0 radical (unpaired) electrons. The molecular weight excluding hydrogens is 216 g/mol. The summed E-state index contributed by atoms with van der Waals surface area (Å²) >= 11 is 0. The van der Waals surface area contributed by atoms with Gasteiger partial charge < -0.3 is 15.4 Å². The molecule has 0 aromatic carbocycles. The zero-order valence-electron chi connectivity index (χ0n) is 11.3. The zero-order valence-corrected chi connectivity index (χ0v) is 11.3. The zero-order chi connectivity index (χ0) is 12.7. The third kappa shape index (κ3) is 5.04. The Bertz CT molecular complexity index is 227. The van der Waals surface area contributed by atoms with Gasteiger partial charge in [0.1, 0.15) is 0 Å². The smallest absolute Gasteiger partial charge is 0.236 e. The van der Waals surface area contributed by atoms with Crippen LogP contribution in [-0.2, 0) is 9.53 Å². The molecule has 17 heavy (non-hydrogen) atoms. The largest absolute Gasteiger partial charge is 0.383 e. The van der Waals surface area contributed by atoms with Gasteiger partial charge in [0.2, 0.25) is 5.91 Å². The molecular formula is C13H26N2O2. The summed E-state index contributed by atoms with van der Waals surface area (Å²) in [5.74, 6) is 0.802. The van der Waals surface area contributed by atoms with Crippen molar-refractivity contribution in [1.29, 1.82) is 0 Å². The summed E-state index contributed by atoms with van der Waals surface area (Å²) in [6.45, 7) is 5.26. The molecule has 0 aliphatic heterocycles. The van der Waals surface area contributed by atoms with E-state index in [1.807, 2.05) is 6.92 Å². The lowest BCUT2D eigenvalue weighted by atomic mass is 9.99. The van der Waals surface area contributed by atoms with Crippen molar-refractivity contribution in [1.82, 2.24) is 10.6 Å². The molecule has 1 amide bonds.